The van der Waals surface area contributed by atoms with E-state index < -0.39 is 0 Å². The first-order valence-electron chi connectivity index (χ1n) is 11.7. The Hall–Kier alpha value is -3.63. The number of hydrogen-bond acceptors (Lipinski definition) is 7. The molecule has 0 aliphatic carbocycles. The Kier molecular flexibility index (Phi) is 8.62. The van der Waals surface area contributed by atoms with Crippen LogP contribution in [0.1, 0.15) is 35.5 Å². The molecule has 0 saturated heterocycles. The van der Waals surface area contributed by atoms with Crippen molar-refractivity contribution in [1.82, 2.24) is 15.2 Å². The zero-order valence-corrected chi connectivity index (χ0v) is 22.0. The van der Waals surface area contributed by atoms with Crippen molar-refractivity contribution >= 4 is 45.8 Å². The molecule has 0 saturated carbocycles. The maximum Gasteiger partial charge on any atom is 0.254 e. The first-order valence-corrected chi connectivity index (χ1v) is 13.0. The number of rotatable bonds is 10. The summed E-state index contributed by atoms with van der Waals surface area (Å²) in [7, 11) is 0. The molecule has 4 rings (SSSR count). The maximum absolute atomic E-state index is 13.0. The second kappa shape index (κ2) is 12.1. The average Bonchev–Trinajstić information content (AvgIpc) is 3.51. The number of carbonyl (C=O) groups excluding carboxylic acids is 3. The lowest BCUT2D eigenvalue weighted by Gasteiger charge is -2.24. The lowest BCUT2D eigenvalue weighted by molar-refractivity contribution is -0.120. The molecule has 2 N–H and O–H groups in total. The van der Waals surface area contributed by atoms with Gasteiger partial charge in [0.2, 0.25) is 18.6 Å². The first-order chi connectivity index (χ1) is 17.8. The van der Waals surface area contributed by atoms with E-state index >= 15 is 0 Å². The quantitative estimate of drug-likeness (QED) is 0.399. The third-order valence-corrected chi connectivity index (χ3v) is 6.42. The Morgan fingerprint density at radius 3 is 2.59 bits per heavy atom. The summed E-state index contributed by atoms with van der Waals surface area (Å²) in [6, 6.07) is 12.1. The number of fused-ring (bicyclic) bond motifs is 1. The monoisotopic (exact) mass is 542 g/mol. The van der Waals surface area contributed by atoms with Crippen LogP contribution in [0.25, 0.3) is 0 Å². The van der Waals surface area contributed by atoms with Gasteiger partial charge < -0.3 is 25.0 Å². The van der Waals surface area contributed by atoms with Crippen LogP contribution in [0.15, 0.2) is 47.8 Å². The summed E-state index contributed by atoms with van der Waals surface area (Å²) >= 11 is 7.15. The summed E-state index contributed by atoms with van der Waals surface area (Å²) < 4.78 is 10.6. The van der Waals surface area contributed by atoms with Crippen LogP contribution >= 0.6 is 22.9 Å². The predicted molar refractivity (Wildman–Crippen MR) is 141 cm³/mol. The molecule has 9 nitrogen and oxygen atoms in total. The van der Waals surface area contributed by atoms with Crippen molar-refractivity contribution in [2.45, 2.75) is 26.8 Å². The summed E-state index contributed by atoms with van der Waals surface area (Å²) in [5, 5.41) is 8.21. The molecule has 3 aromatic rings. The minimum atomic E-state index is -0.365. The summed E-state index contributed by atoms with van der Waals surface area (Å²) in [6.45, 7) is 4.79. The largest absolute Gasteiger partial charge is 0.454 e. The normalized spacial score (nSPS) is 11.9. The van der Waals surface area contributed by atoms with E-state index in [4.69, 9.17) is 21.1 Å². The maximum atomic E-state index is 13.0. The van der Waals surface area contributed by atoms with Crippen molar-refractivity contribution in [2.75, 3.05) is 25.2 Å². The summed E-state index contributed by atoms with van der Waals surface area (Å²) in [4.78, 5) is 43.9. The Labute approximate surface area is 223 Å². The predicted octanol–water partition coefficient (Wildman–Crippen LogP) is 4.12. The fourth-order valence-electron chi connectivity index (χ4n) is 3.69. The van der Waals surface area contributed by atoms with Crippen molar-refractivity contribution in [2.24, 2.45) is 5.92 Å². The molecule has 37 heavy (non-hydrogen) atoms. The highest BCUT2D eigenvalue weighted by molar-refractivity contribution is 7.13. The van der Waals surface area contributed by atoms with Gasteiger partial charge in [0.15, 0.2) is 16.6 Å². The molecule has 0 unspecified atom stereocenters. The van der Waals surface area contributed by atoms with Gasteiger partial charge >= 0.3 is 0 Å². The molecule has 2 heterocycles. The molecule has 0 atom stereocenters. The molecule has 2 aromatic carbocycles. The number of nitrogens with one attached hydrogen (secondary N) is 2. The lowest BCUT2D eigenvalue weighted by atomic mass is 10.1. The van der Waals surface area contributed by atoms with Gasteiger partial charge in [-0.05, 0) is 47.9 Å². The number of aromatic nitrogens is 1. The highest BCUT2D eigenvalue weighted by Crippen LogP contribution is 2.32. The number of anilines is 1. The molecule has 1 aliphatic heterocycles. The Bertz CT molecular complexity index is 1280. The third kappa shape index (κ3) is 7.43. The standard InChI is InChI=1S/C26H27ClN4O5S/c1-16(2)12-31(25(34)18-4-6-19(27)7-5-18)13-24(33)30-26-29-20(14-37-26)10-23(32)28-11-17-3-8-21-22(9-17)36-15-35-21/h3-9,14,16H,10-13,15H2,1-2H3,(H,28,32)(H,29,30,33). The van der Waals surface area contributed by atoms with Gasteiger partial charge in [-0.1, -0.05) is 31.5 Å². The highest BCUT2D eigenvalue weighted by Gasteiger charge is 2.21. The van der Waals surface area contributed by atoms with Crippen LogP contribution in [0.4, 0.5) is 5.13 Å². The van der Waals surface area contributed by atoms with Gasteiger partial charge in [0, 0.05) is 29.1 Å². The van der Waals surface area contributed by atoms with E-state index in [0.29, 0.717) is 46.0 Å². The summed E-state index contributed by atoms with van der Waals surface area (Å²) in [5.74, 6) is 0.710. The number of ether oxygens (including phenoxy) is 2. The van der Waals surface area contributed by atoms with E-state index in [9.17, 15) is 14.4 Å². The molecule has 0 radical (unpaired) electrons. The molecule has 0 fully saturated rings. The fraction of sp³-hybridized carbons (Fsp3) is 0.308. The van der Waals surface area contributed by atoms with Crippen molar-refractivity contribution in [1.29, 1.82) is 0 Å². The highest BCUT2D eigenvalue weighted by atomic mass is 35.5. The minimum Gasteiger partial charge on any atom is -0.454 e. The number of nitrogens with zero attached hydrogens (tertiary/aromatic N) is 2. The molecule has 0 spiro atoms. The van der Waals surface area contributed by atoms with Gasteiger partial charge in [-0.15, -0.1) is 11.3 Å². The number of thiazole rings is 1. The number of halogens is 1. The van der Waals surface area contributed by atoms with Gasteiger partial charge in [0.1, 0.15) is 6.54 Å². The molecule has 3 amide bonds. The fourth-order valence-corrected chi connectivity index (χ4v) is 4.54. The average molecular weight is 543 g/mol. The van der Waals surface area contributed by atoms with Crippen LogP contribution in [-0.4, -0.2) is 47.5 Å². The van der Waals surface area contributed by atoms with E-state index in [-0.39, 0.29) is 43.4 Å². The van der Waals surface area contributed by atoms with Crippen molar-refractivity contribution in [3.8, 4) is 11.5 Å². The van der Waals surface area contributed by atoms with Gasteiger partial charge in [-0.25, -0.2) is 4.98 Å². The minimum absolute atomic E-state index is 0.0749. The number of amides is 3. The second-order valence-corrected chi connectivity index (χ2v) is 10.2. The molecule has 11 heteroatoms. The van der Waals surface area contributed by atoms with Gasteiger partial charge in [-0.2, -0.15) is 0 Å². The molecular weight excluding hydrogens is 516 g/mol. The van der Waals surface area contributed by atoms with Crippen molar-refractivity contribution in [3.63, 3.8) is 0 Å². The summed E-state index contributed by atoms with van der Waals surface area (Å²) in [6.07, 6.45) is 0.0749. The number of hydrogen-bond donors (Lipinski definition) is 2. The van der Waals surface area contributed by atoms with Gasteiger partial charge in [-0.3, -0.25) is 14.4 Å². The van der Waals surface area contributed by atoms with Crippen LogP contribution in [0.3, 0.4) is 0 Å². The number of benzene rings is 2. The van der Waals surface area contributed by atoms with E-state index in [1.54, 1.807) is 29.6 Å². The Balaban J connectivity index is 1.28. The molecule has 1 aromatic heterocycles. The topological polar surface area (TPSA) is 110 Å². The summed E-state index contributed by atoms with van der Waals surface area (Å²) in [5.41, 5.74) is 1.89. The zero-order valence-electron chi connectivity index (χ0n) is 20.5. The van der Waals surface area contributed by atoms with Crippen molar-refractivity contribution in [3.05, 3.63) is 69.7 Å². The van der Waals surface area contributed by atoms with E-state index in [1.807, 2.05) is 32.0 Å². The van der Waals surface area contributed by atoms with Crippen LogP contribution in [0.5, 0.6) is 11.5 Å². The van der Waals surface area contributed by atoms with E-state index in [1.165, 1.54) is 16.2 Å². The first kappa shape index (κ1) is 26.4. The molecular formula is C26H27ClN4O5S. The van der Waals surface area contributed by atoms with Crippen LogP contribution < -0.4 is 20.1 Å². The lowest BCUT2D eigenvalue weighted by Crippen LogP contribution is -2.40. The van der Waals surface area contributed by atoms with Crippen LogP contribution in [0.2, 0.25) is 5.02 Å². The SMILES string of the molecule is CC(C)CN(CC(=O)Nc1nc(CC(=O)NCc2ccc3c(c2)OCO3)cs1)C(=O)c1ccc(Cl)cc1. The second-order valence-electron chi connectivity index (χ2n) is 8.92. The van der Waals surface area contributed by atoms with Crippen molar-refractivity contribution < 1.29 is 23.9 Å². The van der Waals surface area contributed by atoms with Gasteiger partial charge in [0.25, 0.3) is 5.91 Å². The van der Waals surface area contributed by atoms with E-state index in [0.717, 1.165) is 5.56 Å². The van der Waals surface area contributed by atoms with Crippen LogP contribution in [-0.2, 0) is 22.6 Å². The van der Waals surface area contributed by atoms with Crippen LogP contribution in [0, 0.1) is 5.92 Å². The van der Waals surface area contributed by atoms with E-state index in [2.05, 4.69) is 15.6 Å². The third-order valence-electron chi connectivity index (χ3n) is 5.36. The Morgan fingerprint density at radius 2 is 1.84 bits per heavy atom. The smallest absolute Gasteiger partial charge is 0.254 e. The Morgan fingerprint density at radius 1 is 1.08 bits per heavy atom. The molecule has 0 bridgehead atoms. The van der Waals surface area contributed by atoms with Gasteiger partial charge in [0.05, 0.1) is 12.1 Å². The number of carbonyl (C=O) groups is 3. The molecule has 194 valence electrons. The molecule has 1 aliphatic rings. The zero-order chi connectivity index (χ0) is 26.4.